The lowest BCUT2D eigenvalue weighted by atomic mass is 9.84. The zero-order chi connectivity index (χ0) is 21.9. The summed E-state index contributed by atoms with van der Waals surface area (Å²) in [7, 11) is 1.32. The normalized spacial score (nSPS) is 16.4. The van der Waals surface area contributed by atoms with Gasteiger partial charge in [-0.25, -0.2) is 9.59 Å². The van der Waals surface area contributed by atoms with E-state index in [0.717, 1.165) is 31.2 Å². The number of methoxy groups -OCH3 is 1. The Morgan fingerprint density at radius 3 is 2.30 bits per heavy atom. The minimum atomic E-state index is -0.813. The maximum atomic E-state index is 12.9. The van der Waals surface area contributed by atoms with Crippen LogP contribution in [0.3, 0.4) is 0 Å². The average Bonchev–Trinajstić information content (AvgIpc) is 2.76. The molecule has 1 fully saturated rings. The highest BCUT2D eigenvalue weighted by Gasteiger charge is 2.31. The van der Waals surface area contributed by atoms with E-state index in [0.29, 0.717) is 12.3 Å². The Morgan fingerprint density at radius 1 is 1.03 bits per heavy atom. The molecule has 2 amide bonds. The molecular weight excluding hydrogens is 384 g/mol. The molecule has 2 rings (SSSR count). The third-order valence-electron chi connectivity index (χ3n) is 5.53. The van der Waals surface area contributed by atoms with Crippen molar-refractivity contribution in [2.75, 3.05) is 7.11 Å². The van der Waals surface area contributed by atoms with E-state index >= 15 is 0 Å². The van der Waals surface area contributed by atoms with Crippen molar-refractivity contribution in [2.24, 2.45) is 11.8 Å². The predicted octanol–water partition coefficient (Wildman–Crippen LogP) is 3.57. The molecule has 0 radical (unpaired) electrons. The standard InChI is InChI=1S/C23H34N2O5/c1-16(2)20(25-23(28)30-15-18-12-8-5-9-13-18)21(26)24-19(22(27)29-3)14-17-10-6-4-7-11-17/h5,8-9,12-13,16-17,19-20H,4,6-7,10-11,14-15H2,1-3H3,(H,24,26)(H,25,28)/t19-,20-/m0/s1. The van der Waals surface area contributed by atoms with Crippen molar-refractivity contribution >= 4 is 18.0 Å². The van der Waals surface area contributed by atoms with Crippen LogP contribution in [0.25, 0.3) is 0 Å². The van der Waals surface area contributed by atoms with Crippen LogP contribution >= 0.6 is 0 Å². The Balaban J connectivity index is 1.93. The van der Waals surface area contributed by atoms with Crippen molar-refractivity contribution < 1.29 is 23.9 Å². The van der Waals surface area contributed by atoms with Gasteiger partial charge in [0.2, 0.25) is 5.91 Å². The molecule has 166 valence electrons. The maximum Gasteiger partial charge on any atom is 0.408 e. The van der Waals surface area contributed by atoms with Crippen LogP contribution in [0.5, 0.6) is 0 Å². The van der Waals surface area contributed by atoms with Crippen LogP contribution in [0.1, 0.15) is 57.9 Å². The molecule has 7 heteroatoms. The molecular formula is C23H34N2O5. The van der Waals surface area contributed by atoms with Gasteiger partial charge in [0.05, 0.1) is 7.11 Å². The molecule has 1 saturated carbocycles. The van der Waals surface area contributed by atoms with Gasteiger partial charge in [-0.15, -0.1) is 0 Å². The first-order chi connectivity index (χ1) is 14.4. The second kappa shape index (κ2) is 12.2. The molecule has 0 saturated heterocycles. The minimum absolute atomic E-state index is 0.117. The van der Waals surface area contributed by atoms with Gasteiger partial charge in [-0.2, -0.15) is 0 Å². The van der Waals surface area contributed by atoms with E-state index in [-0.39, 0.29) is 12.5 Å². The topological polar surface area (TPSA) is 93.7 Å². The zero-order valence-electron chi connectivity index (χ0n) is 18.2. The molecule has 0 spiro atoms. The third kappa shape index (κ3) is 7.69. The number of carbonyl (C=O) groups excluding carboxylic acids is 3. The average molecular weight is 419 g/mol. The molecule has 0 aromatic heterocycles. The first-order valence-electron chi connectivity index (χ1n) is 10.8. The molecule has 1 aliphatic rings. The van der Waals surface area contributed by atoms with Gasteiger partial charge >= 0.3 is 12.1 Å². The van der Waals surface area contributed by atoms with Gasteiger partial charge < -0.3 is 20.1 Å². The largest absolute Gasteiger partial charge is 0.467 e. The highest BCUT2D eigenvalue weighted by atomic mass is 16.5. The van der Waals surface area contributed by atoms with Crippen molar-refractivity contribution in [1.82, 2.24) is 10.6 Å². The third-order valence-corrected chi connectivity index (χ3v) is 5.53. The van der Waals surface area contributed by atoms with Gasteiger partial charge in [0.25, 0.3) is 0 Å². The predicted molar refractivity (Wildman–Crippen MR) is 114 cm³/mol. The Labute approximate surface area is 178 Å². The second-order valence-electron chi connectivity index (χ2n) is 8.25. The quantitative estimate of drug-likeness (QED) is 0.598. The number of carbonyl (C=O) groups is 3. The number of alkyl carbamates (subject to hydrolysis) is 1. The lowest BCUT2D eigenvalue weighted by Crippen LogP contribution is -2.54. The van der Waals surface area contributed by atoms with Crippen LogP contribution in [0.4, 0.5) is 4.79 Å². The van der Waals surface area contributed by atoms with Gasteiger partial charge in [-0.1, -0.05) is 76.3 Å². The highest BCUT2D eigenvalue weighted by Crippen LogP contribution is 2.27. The van der Waals surface area contributed by atoms with Crippen LogP contribution < -0.4 is 10.6 Å². The van der Waals surface area contributed by atoms with Gasteiger partial charge in [0.15, 0.2) is 0 Å². The van der Waals surface area contributed by atoms with Crippen LogP contribution in [0.15, 0.2) is 30.3 Å². The molecule has 30 heavy (non-hydrogen) atoms. The SMILES string of the molecule is COC(=O)[C@H](CC1CCCCC1)NC(=O)[C@@H](NC(=O)OCc1ccccc1)C(C)C. The number of hydrogen-bond acceptors (Lipinski definition) is 5. The van der Waals surface area contributed by atoms with Crippen molar-refractivity contribution in [3.63, 3.8) is 0 Å². The zero-order valence-corrected chi connectivity index (χ0v) is 18.2. The second-order valence-corrected chi connectivity index (χ2v) is 8.25. The molecule has 0 unspecified atom stereocenters. The molecule has 7 nitrogen and oxygen atoms in total. The maximum absolute atomic E-state index is 12.9. The van der Waals surface area contributed by atoms with E-state index in [1.54, 1.807) is 0 Å². The number of hydrogen-bond donors (Lipinski definition) is 2. The number of rotatable bonds is 9. The fraction of sp³-hybridized carbons (Fsp3) is 0.609. The molecule has 1 aromatic rings. The van der Waals surface area contributed by atoms with Gasteiger partial charge in [-0.05, 0) is 23.8 Å². The van der Waals surface area contributed by atoms with Crippen molar-refractivity contribution in [3.8, 4) is 0 Å². The molecule has 2 N–H and O–H groups in total. The van der Waals surface area contributed by atoms with Crippen molar-refractivity contribution in [3.05, 3.63) is 35.9 Å². The van der Waals surface area contributed by atoms with Crippen LogP contribution in [0.2, 0.25) is 0 Å². The van der Waals surface area contributed by atoms with Crippen LogP contribution in [-0.2, 0) is 25.7 Å². The summed E-state index contributed by atoms with van der Waals surface area (Å²) in [5.74, 6) is -0.650. The highest BCUT2D eigenvalue weighted by molar-refractivity contribution is 5.89. The fourth-order valence-corrected chi connectivity index (χ4v) is 3.80. The van der Waals surface area contributed by atoms with E-state index in [1.807, 2.05) is 44.2 Å². The van der Waals surface area contributed by atoms with Crippen molar-refractivity contribution in [2.45, 2.75) is 71.1 Å². The van der Waals surface area contributed by atoms with Gasteiger partial charge in [0.1, 0.15) is 18.7 Å². The summed E-state index contributed by atoms with van der Waals surface area (Å²) in [6.07, 6.45) is 5.51. The number of esters is 1. The first-order valence-corrected chi connectivity index (χ1v) is 10.8. The van der Waals surface area contributed by atoms with E-state index in [4.69, 9.17) is 9.47 Å². The summed E-state index contributed by atoms with van der Waals surface area (Å²) in [5, 5.41) is 5.42. The fourth-order valence-electron chi connectivity index (χ4n) is 3.80. The van der Waals surface area contributed by atoms with Gasteiger partial charge in [0, 0.05) is 0 Å². The molecule has 0 aliphatic heterocycles. The van der Waals surface area contributed by atoms with E-state index in [2.05, 4.69) is 10.6 Å². The summed E-state index contributed by atoms with van der Waals surface area (Å²) in [6, 6.07) is 7.78. The van der Waals surface area contributed by atoms with Gasteiger partial charge in [-0.3, -0.25) is 4.79 Å². The Bertz CT molecular complexity index is 686. The van der Waals surface area contributed by atoms with E-state index in [9.17, 15) is 14.4 Å². The lowest BCUT2D eigenvalue weighted by molar-refractivity contribution is -0.146. The Morgan fingerprint density at radius 2 is 1.70 bits per heavy atom. The van der Waals surface area contributed by atoms with E-state index in [1.165, 1.54) is 13.5 Å². The minimum Gasteiger partial charge on any atom is -0.467 e. The van der Waals surface area contributed by atoms with Crippen LogP contribution in [-0.4, -0.2) is 37.2 Å². The molecule has 2 atom stereocenters. The monoisotopic (exact) mass is 418 g/mol. The molecule has 1 aromatic carbocycles. The number of ether oxygens (including phenoxy) is 2. The Kier molecular flexibility index (Phi) is 9.64. The van der Waals surface area contributed by atoms with E-state index < -0.39 is 30.1 Å². The smallest absolute Gasteiger partial charge is 0.408 e. The summed E-state index contributed by atoms with van der Waals surface area (Å²) < 4.78 is 10.1. The number of benzene rings is 1. The summed E-state index contributed by atoms with van der Waals surface area (Å²) in [6.45, 7) is 3.78. The number of amides is 2. The summed E-state index contributed by atoms with van der Waals surface area (Å²) in [4.78, 5) is 37.3. The summed E-state index contributed by atoms with van der Waals surface area (Å²) in [5.41, 5.74) is 0.858. The molecule has 0 bridgehead atoms. The molecule has 0 heterocycles. The number of nitrogens with one attached hydrogen (secondary N) is 2. The molecule has 1 aliphatic carbocycles. The van der Waals surface area contributed by atoms with Crippen LogP contribution in [0, 0.1) is 11.8 Å². The van der Waals surface area contributed by atoms with Crippen molar-refractivity contribution in [1.29, 1.82) is 0 Å². The summed E-state index contributed by atoms with van der Waals surface area (Å²) >= 11 is 0. The lowest BCUT2D eigenvalue weighted by Gasteiger charge is -2.28. The Hall–Kier alpha value is -2.57. The first kappa shape index (κ1) is 23.7.